The van der Waals surface area contributed by atoms with Crippen LogP contribution in [0.25, 0.3) is 0 Å². The topological polar surface area (TPSA) is 0 Å². The fourth-order valence-corrected chi connectivity index (χ4v) is 4.98. The highest BCUT2D eigenvalue weighted by Gasteiger charge is 2.19. The lowest BCUT2D eigenvalue weighted by atomic mass is 9.79. The molecule has 0 heterocycles. The normalized spacial score (nSPS) is 20.1. The van der Waals surface area contributed by atoms with Gasteiger partial charge in [-0.05, 0) is 129 Å². The summed E-state index contributed by atoms with van der Waals surface area (Å²) in [6.45, 7) is 16.1. The quantitative estimate of drug-likeness (QED) is 0.528. The molecule has 2 aromatic rings. The van der Waals surface area contributed by atoms with Crippen molar-refractivity contribution in [3.8, 4) is 0 Å². The van der Waals surface area contributed by atoms with Gasteiger partial charge < -0.3 is 0 Å². The molecule has 0 radical (unpaired) electrons. The van der Waals surface area contributed by atoms with E-state index in [1.165, 1.54) is 76.6 Å². The van der Waals surface area contributed by atoms with E-state index in [4.69, 9.17) is 0 Å². The molecule has 0 spiro atoms. The molecule has 0 bridgehead atoms. The maximum atomic E-state index is 2.46. The lowest BCUT2D eigenvalue weighted by molar-refractivity contribution is 0.289. The minimum atomic E-state index is 0.901. The fourth-order valence-electron chi connectivity index (χ4n) is 4.98. The third kappa shape index (κ3) is 4.31. The second kappa shape index (κ2) is 8.21. The first-order chi connectivity index (χ1) is 12.8. The number of hydrogen-bond donors (Lipinski definition) is 0. The van der Waals surface area contributed by atoms with Crippen LogP contribution < -0.4 is 0 Å². The van der Waals surface area contributed by atoms with Crippen LogP contribution in [0, 0.1) is 53.4 Å². The zero-order valence-electron chi connectivity index (χ0n) is 18.6. The summed E-state index contributed by atoms with van der Waals surface area (Å²) in [6.07, 6.45) is 8.02. The van der Waals surface area contributed by atoms with Gasteiger partial charge in [0.05, 0.1) is 0 Å². The molecule has 3 rings (SSSR count). The summed E-state index contributed by atoms with van der Waals surface area (Å²) >= 11 is 0. The molecule has 1 aliphatic carbocycles. The van der Waals surface area contributed by atoms with Crippen LogP contribution in [-0.4, -0.2) is 0 Å². The summed E-state index contributed by atoms with van der Waals surface area (Å²) in [5.74, 6) is 1.84. The molecule has 0 unspecified atom stereocenters. The Labute approximate surface area is 167 Å². The zero-order chi connectivity index (χ0) is 19.7. The minimum Gasteiger partial charge on any atom is -0.0625 e. The average molecular weight is 363 g/mol. The Morgan fingerprint density at radius 2 is 1.30 bits per heavy atom. The SMILES string of the molecule is Cc1cc(CC2CCC(C)CC2)ccc1Cc1c(C)c(C)c(C)c(C)c1C. The standard InChI is InChI=1S/C27H38/c1-17-8-10-24(11-9-17)15-25-12-13-26(18(2)14-25)16-27-22(6)20(4)19(3)21(5)23(27)7/h12-14,17,24H,8-11,15-16H2,1-7H3. The maximum absolute atomic E-state index is 2.46. The van der Waals surface area contributed by atoms with Crippen LogP contribution in [0.15, 0.2) is 18.2 Å². The Bertz CT molecular complexity index is 787. The van der Waals surface area contributed by atoms with Crippen molar-refractivity contribution < 1.29 is 0 Å². The molecular weight excluding hydrogens is 324 g/mol. The van der Waals surface area contributed by atoms with E-state index in [9.17, 15) is 0 Å². The van der Waals surface area contributed by atoms with Gasteiger partial charge in [-0.1, -0.05) is 38.0 Å². The lowest BCUT2D eigenvalue weighted by Crippen LogP contribution is -2.14. The highest BCUT2D eigenvalue weighted by molar-refractivity contribution is 5.51. The second-order valence-corrected chi connectivity index (χ2v) is 9.37. The monoisotopic (exact) mass is 362 g/mol. The molecular formula is C27H38. The first-order valence-electron chi connectivity index (χ1n) is 10.9. The molecule has 0 amide bonds. The lowest BCUT2D eigenvalue weighted by Gasteiger charge is -2.26. The molecule has 1 aliphatic rings. The molecule has 0 aliphatic heterocycles. The van der Waals surface area contributed by atoms with Gasteiger partial charge in [0.1, 0.15) is 0 Å². The maximum Gasteiger partial charge on any atom is -0.00177 e. The summed E-state index contributed by atoms with van der Waals surface area (Å²) < 4.78 is 0. The molecule has 146 valence electrons. The van der Waals surface area contributed by atoms with Crippen LogP contribution in [0.5, 0.6) is 0 Å². The number of aryl methyl sites for hydroxylation is 1. The largest absolute Gasteiger partial charge is 0.0625 e. The van der Waals surface area contributed by atoms with Gasteiger partial charge in [0, 0.05) is 0 Å². The number of benzene rings is 2. The van der Waals surface area contributed by atoms with Gasteiger partial charge >= 0.3 is 0 Å². The predicted octanol–water partition coefficient (Wildman–Crippen LogP) is 7.50. The Hall–Kier alpha value is -1.56. The predicted molar refractivity (Wildman–Crippen MR) is 119 cm³/mol. The fraction of sp³-hybridized carbons (Fsp3) is 0.556. The smallest absolute Gasteiger partial charge is 0.00177 e. The van der Waals surface area contributed by atoms with E-state index < -0.39 is 0 Å². The Balaban J connectivity index is 1.79. The molecule has 0 N–H and O–H groups in total. The summed E-state index contributed by atoms with van der Waals surface area (Å²) in [5, 5.41) is 0. The molecule has 2 aromatic carbocycles. The highest BCUT2D eigenvalue weighted by Crippen LogP contribution is 2.32. The third-order valence-corrected chi connectivity index (χ3v) is 7.59. The van der Waals surface area contributed by atoms with Crippen molar-refractivity contribution in [1.82, 2.24) is 0 Å². The van der Waals surface area contributed by atoms with E-state index in [1.54, 1.807) is 5.56 Å². The van der Waals surface area contributed by atoms with Crippen molar-refractivity contribution in [3.63, 3.8) is 0 Å². The average Bonchev–Trinajstić information content (AvgIpc) is 2.65. The summed E-state index contributed by atoms with van der Waals surface area (Å²) in [7, 11) is 0. The Morgan fingerprint density at radius 3 is 1.85 bits per heavy atom. The van der Waals surface area contributed by atoms with E-state index in [0.29, 0.717) is 0 Å². The molecule has 0 nitrogen and oxygen atoms in total. The molecule has 0 saturated heterocycles. The van der Waals surface area contributed by atoms with E-state index in [0.717, 1.165) is 18.3 Å². The van der Waals surface area contributed by atoms with Crippen LogP contribution in [0.4, 0.5) is 0 Å². The minimum absolute atomic E-state index is 0.901. The Kier molecular flexibility index (Phi) is 6.14. The molecule has 0 aromatic heterocycles. The van der Waals surface area contributed by atoms with Gasteiger partial charge in [-0.25, -0.2) is 0 Å². The van der Waals surface area contributed by atoms with Crippen LogP contribution in [0.2, 0.25) is 0 Å². The van der Waals surface area contributed by atoms with E-state index >= 15 is 0 Å². The first kappa shape index (κ1) is 20.2. The summed E-state index contributed by atoms with van der Waals surface area (Å²) in [5.41, 5.74) is 13.4. The van der Waals surface area contributed by atoms with Crippen molar-refractivity contribution in [2.24, 2.45) is 11.8 Å². The first-order valence-corrected chi connectivity index (χ1v) is 10.9. The van der Waals surface area contributed by atoms with Crippen LogP contribution >= 0.6 is 0 Å². The van der Waals surface area contributed by atoms with Crippen molar-refractivity contribution >= 4 is 0 Å². The Morgan fingerprint density at radius 1 is 0.741 bits per heavy atom. The van der Waals surface area contributed by atoms with Crippen LogP contribution in [-0.2, 0) is 12.8 Å². The number of hydrogen-bond acceptors (Lipinski definition) is 0. The summed E-state index contributed by atoms with van der Waals surface area (Å²) in [4.78, 5) is 0. The second-order valence-electron chi connectivity index (χ2n) is 9.37. The summed E-state index contributed by atoms with van der Waals surface area (Å²) in [6, 6.07) is 7.27. The van der Waals surface area contributed by atoms with Crippen molar-refractivity contribution in [2.45, 2.75) is 87.0 Å². The van der Waals surface area contributed by atoms with E-state index in [2.05, 4.69) is 66.7 Å². The zero-order valence-corrected chi connectivity index (χ0v) is 18.6. The van der Waals surface area contributed by atoms with Gasteiger partial charge in [-0.3, -0.25) is 0 Å². The highest BCUT2D eigenvalue weighted by atomic mass is 14.2. The van der Waals surface area contributed by atoms with E-state index in [-0.39, 0.29) is 0 Å². The molecule has 1 fully saturated rings. The van der Waals surface area contributed by atoms with Crippen LogP contribution in [0.1, 0.15) is 82.7 Å². The molecule has 0 atom stereocenters. The third-order valence-electron chi connectivity index (χ3n) is 7.59. The van der Waals surface area contributed by atoms with Gasteiger partial charge in [-0.15, -0.1) is 0 Å². The van der Waals surface area contributed by atoms with E-state index in [1.807, 2.05) is 0 Å². The van der Waals surface area contributed by atoms with Gasteiger partial charge in [0.2, 0.25) is 0 Å². The molecule has 27 heavy (non-hydrogen) atoms. The van der Waals surface area contributed by atoms with Crippen molar-refractivity contribution in [1.29, 1.82) is 0 Å². The number of rotatable bonds is 4. The van der Waals surface area contributed by atoms with Crippen LogP contribution in [0.3, 0.4) is 0 Å². The van der Waals surface area contributed by atoms with Gasteiger partial charge in [-0.2, -0.15) is 0 Å². The van der Waals surface area contributed by atoms with Gasteiger partial charge in [0.25, 0.3) is 0 Å². The molecule has 0 heteroatoms. The molecule has 1 saturated carbocycles. The van der Waals surface area contributed by atoms with Crippen molar-refractivity contribution in [3.05, 3.63) is 68.3 Å². The van der Waals surface area contributed by atoms with Crippen molar-refractivity contribution in [2.75, 3.05) is 0 Å². The van der Waals surface area contributed by atoms with Gasteiger partial charge in [0.15, 0.2) is 0 Å².